The number of halogens is 1. The molecule has 0 aliphatic rings. The van der Waals surface area contributed by atoms with Gasteiger partial charge < -0.3 is 4.98 Å². The number of benzene rings is 1. The van der Waals surface area contributed by atoms with Crippen molar-refractivity contribution in [2.24, 2.45) is 7.05 Å². The van der Waals surface area contributed by atoms with Gasteiger partial charge in [0.05, 0.1) is 23.1 Å². The average Bonchev–Trinajstić information content (AvgIpc) is 3.26. The Kier molecular flexibility index (Phi) is 3.34. The first kappa shape index (κ1) is 14.0. The smallest absolute Gasteiger partial charge is 0.133 e. The summed E-state index contributed by atoms with van der Waals surface area (Å²) in [5.74, 6) is 0. The van der Waals surface area contributed by atoms with Gasteiger partial charge in [0, 0.05) is 37.3 Å². The molecule has 0 amide bonds. The largest absolute Gasteiger partial charge is 0.348 e. The molecule has 116 valence electrons. The van der Waals surface area contributed by atoms with Crippen molar-refractivity contribution >= 4 is 22.5 Å². The molecule has 1 N–H and O–H groups in total. The van der Waals surface area contributed by atoms with Gasteiger partial charge in [-0.25, -0.2) is 4.98 Å². The molecule has 0 fully saturated rings. The molecule has 4 rings (SSSR count). The van der Waals surface area contributed by atoms with Gasteiger partial charge in [0.2, 0.25) is 0 Å². The summed E-state index contributed by atoms with van der Waals surface area (Å²) in [6, 6.07) is 5.76. The van der Waals surface area contributed by atoms with E-state index in [1.165, 1.54) is 0 Å². The topological polar surface area (TPSA) is 77.2 Å². The molecule has 0 radical (unpaired) electrons. The number of aromatic amines is 1. The first-order chi connectivity index (χ1) is 11.2. The molecule has 0 aliphatic heterocycles. The van der Waals surface area contributed by atoms with Crippen molar-refractivity contribution in [3.63, 3.8) is 0 Å². The fourth-order valence-corrected chi connectivity index (χ4v) is 2.88. The Hall–Kier alpha value is -2.67. The Morgan fingerprint density at radius 2 is 2.22 bits per heavy atom. The second-order valence-corrected chi connectivity index (χ2v) is 5.71. The zero-order chi connectivity index (χ0) is 15.8. The molecular formula is C15H14ClN7. The summed E-state index contributed by atoms with van der Waals surface area (Å²) in [7, 11) is 1.89. The molecule has 0 unspecified atom stereocenters. The summed E-state index contributed by atoms with van der Waals surface area (Å²) in [6.45, 7) is 0.716. The summed E-state index contributed by atoms with van der Waals surface area (Å²) in [4.78, 5) is 7.08. The molecule has 4 aromatic rings. The van der Waals surface area contributed by atoms with Crippen LogP contribution in [-0.2, 0) is 20.0 Å². The van der Waals surface area contributed by atoms with Crippen molar-refractivity contribution < 1.29 is 0 Å². The van der Waals surface area contributed by atoms with Gasteiger partial charge in [0.15, 0.2) is 0 Å². The zero-order valence-corrected chi connectivity index (χ0v) is 13.2. The predicted molar refractivity (Wildman–Crippen MR) is 87.0 cm³/mol. The van der Waals surface area contributed by atoms with E-state index in [2.05, 4.69) is 25.4 Å². The Labute approximate surface area is 136 Å². The number of imidazole rings is 1. The maximum atomic E-state index is 6.34. The average molecular weight is 328 g/mol. The molecule has 0 spiro atoms. The van der Waals surface area contributed by atoms with E-state index >= 15 is 0 Å². The highest BCUT2D eigenvalue weighted by Gasteiger charge is 2.16. The second kappa shape index (κ2) is 5.51. The number of aryl methyl sites for hydroxylation is 3. The SMILES string of the molecule is Cn1nc(-c2cn(CCc3cnc[nH]3)nn2)c2c(Cl)cccc21. The number of rotatable bonds is 4. The number of aromatic nitrogens is 7. The van der Waals surface area contributed by atoms with Crippen molar-refractivity contribution in [2.45, 2.75) is 13.0 Å². The third kappa shape index (κ3) is 2.49. The van der Waals surface area contributed by atoms with E-state index in [0.29, 0.717) is 17.3 Å². The first-order valence-corrected chi connectivity index (χ1v) is 7.59. The monoisotopic (exact) mass is 327 g/mol. The predicted octanol–water partition coefficient (Wildman–Crippen LogP) is 2.45. The second-order valence-electron chi connectivity index (χ2n) is 5.30. The van der Waals surface area contributed by atoms with Gasteiger partial charge in [-0.2, -0.15) is 5.10 Å². The van der Waals surface area contributed by atoms with Gasteiger partial charge in [0.1, 0.15) is 11.4 Å². The number of nitrogens with one attached hydrogen (secondary N) is 1. The van der Waals surface area contributed by atoms with Crippen LogP contribution in [0, 0.1) is 0 Å². The van der Waals surface area contributed by atoms with Crippen LogP contribution in [0.1, 0.15) is 5.69 Å². The van der Waals surface area contributed by atoms with Crippen LogP contribution in [0.5, 0.6) is 0 Å². The summed E-state index contributed by atoms with van der Waals surface area (Å²) in [5.41, 5.74) is 3.50. The normalized spacial score (nSPS) is 11.4. The molecule has 0 atom stereocenters. The van der Waals surface area contributed by atoms with E-state index in [1.807, 2.05) is 37.6 Å². The van der Waals surface area contributed by atoms with E-state index < -0.39 is 0 Å². The maximum absolute atomic E-state index is 6.34. The number of nitrogens with zero attached hydrogens (tertiary/aromatic N) is 6. The lowest BCUT2D eigenvalue weighted by Crippen LogP contribution is -2.02. The lowest BCUT2D eigenvalue weighted by Gasteiger charge is -1.97. The Morgan fingerprint density at radius 1 is 1.30 bits per heavy atom. The molecule has 1 aromatic carbocycles. The molecular weight excluding hydrogens is 314 g/mol. The zero-order valence-electron chi connectivity index (χ0n) is 12.4. The first-order valence-electron chi connectivity index (χ1n) is 7.21. The number of hydrogen-bond donors (Lipinski definition) is 1. The van der Waals surface area contributed by atoms with E-state index in [9.17, 15) is 0 Å². The molecule has 3 heterocycles. The van der Waals surface area contributed by atoms with Crippen molar-refractivity contribution in [3.8, 4) is 11.4 Å². The van der Waals surface area contributed by atoms with Gasteiger partial charge in [-0.05, 0) is 12.1 Å². The summed E-state index contributed by atoms with van der Waals surface area (Å²) in [5, 5.41) is 14.5. The number of fused-ring (bicyclic) bond motifs is 1. The Morgan fingerprint density at radius 3 is 3.04 bits per heavy atom. The van der Waals surface area contributed by atoms with E-state index in [4.69, 9.17) is 11.6 Å². The highest BCUT2D eigenvalue weighted by atomic mass is 35.5. The van der Waals surface area contributed by atoms with Crippen molar-refractivity contribution in [1.82, 2.24) is 34.7 Å². The molecule has 23 heavy (non-hydrogen) atoms. The van der Waals surface area contributed by atoms with E-state index in [0.717, 1.165) is 28.7 Å². The minimum absolute atomic E-state index is 0.664. The molecule has 7 nitrogen and oxygen atoms in total. The Bertz CT molecular complexity index is 952. The highest BCUT2D eigenvalue weighted by molar-refractivity contribution is 6.36. The van der Waals surface area contributed by atoms with Crippen LogP contribution in [0.3, 0.4) is 0 Å². The van der Waals surface area contributed by atoms with Gasteiger partial charge in [-0.15, -0.1) is 5.10 Å². The molecule has 0 bridgehead atoms. The summed E-state index contributed by atoms with van der Waals surface area (Å²) in [6.07, 6.45) is 6.18. The number of hydrogen-bond acceptors (Lipinski definition) is 4. The fourth-order valence-electron chi connectivity index (χ4n) is 2.62. The van der Waals surface area contributed by atoms with Crippen LogP contribution in [0.4, 0.5) is 0 Å². The standard InChI is InChI=1S/C15H14ClN7/c1-22-13-4-2-3-11(16)14(13)15(20-22)12-8-23(21-19-12)6-5-10-7-17-9-18-10/h2-4,7-9H,5-6H2,1H3,(H,17,18). The van der Waals surface area contributed by atoms with Crippen LogP contribution in [0.25, 0.3) is 22.3 Å². The number of H-pyrrole nitrogens is 1. The van der Waals surface area contributed by atoms with Crippen LogP contribution in [0.2, 0.25) is 5.02 Å². The maximum Gasteiger partial charge on any atom is 0.133 e. The van der Waals surface area contributed by atoms with Gasteiger partial charge in [-0.3, -0.25) is 9.36 Å². The molecule has 0 saturated carbocycles. The van der Waals surface area contributed by atoms with Crippen molar-refractivity contribution in [3.05, 3.63) is 47.6 Å². The van der Waals surface area contributed by atoms with Crippen LogP contribution in [0.15, 0.2) is 36.9 Å². The van der Waals surface area contributed by atoms with Gasteiger partial charge in [0.25, 0.3) is 0 Å². The third-order valence-corrected chi connectivity index (χ3v) is 4.09. The minimum atomic E-state index is 0.664. The summed E-state index contributed by atoms with van der Waals surface area (Å²) >= 11 is 6.34. The van der Waals surface area contributed by atoms with E-state index in [-0.39, 0.29) is 0 Å². The van der Waals surface area contributed by atoms with Crippen molar-refractivity contribution in [1.29, 1.82) is 0 Å². The molecule has 0 aliphatic carbocycles. The van der Waals surface area contributed by atoms with Crippen molar-refractivity contribution in [2.75, 3.05) is 0 Å². The van der Waals surface area contributed by atoms with E-state index in [1.54, 1.807) is 15.7 Å². The van der Waals surface area contributed by atoms with Gasteiger partial charge in [-0.1, -0.05) is 22.9 Å². The highest BCUT2D eigenvalue weighted by Crippen LogP contribution is 2.31. The minimum Gasteiger partial charge on any atom is -0.348 e. The van der Waals surface area contributed by atoms with Crippen LogP contribution >= 0.6 is 11.6 Å². The molecule has 8 heteroatoms. The Balaban J connectivity index is 1.66. The third-order valence-electron chi connectivity index (χ3n) is 3.77. The van der Waals surface area contributed by atoms with Gasteiger partial charge >= 0.3 is 0 Å². The molecule has 0 saturated heterocycles. The van der Waals surface area contributed by atoms with Crippen LogP contribution in [-0.4, -0.2) is 34.7 Å². The quantitative estimate of drug-likeness (QED) is 0.624. The lowest BCUT2D eigenvalue weighted by atomic mass is 10.2. The van der Waals surface area contributed by atoms with Crippen LogP contribution < -0.4 is 0 Å². The lowest BCUT2D eigenvalue weighted by molar-refractivity contribution is 0.585. The fraction of sp³-hybridized carbons (Fsp3) is 0.200. The molecule has 3 aromatic heterocycles. The summed E-state index contributed by atoms with van der Waals surface area (Å²) < 4.78 is 3.60.